The molecule has 1 amide bonds. The van der Waals surface area contributed by atoms with E-state index in [1.807, 2.05) is 11.9 Å². The second kappa shape index (κ2) is 12.8. The van der Waals surface area contributed by atoms with Gasteiger partial charge in [0.15, 0.2) is 19.9 Å². The quantitative estimate of drug-likeness (QED) is 0.227. The zero-order valence-electron chi connectivity index (χ0n) is 24.4. The van der Waals surface area contributed by atoms with E-state index in [-0.39, 0.29) is 45.2 Å². The van der Waals surface area contributed by atoms with Crippen LogP contribution in [0.5, 0.6) is 5.75 Å². The second-order valence-corrected chi connectivity index (χ2v) is 13.7. The number of sulfone groups is 1. The summed E-state index contributed by atoms with van der Waals surface area (Å²) < 4.78 is 91.0. The summed E-state index contributed by atoms with van der Waals surface area (Å²) in [5.41, 5.74) is 1.12. The molecule has 0 radical (unpaired) electrons. The number of methoxy groups -OCH3 is 1. The molecule has 1 aliphatic heterocycles. The molecule has 242 valence electrons. The van der Waals surface area contributed by atoms with Crippen molar-refractivity contribution in [3.8, 4) is 16.5 Å². The Morgan fingerprint density at radius 3 is 2.62 bits per heavy atom. The van der Waals surface area contributed by atoms with E-state index < -0.39 is 40.9 Å². The number of benzene rings is 2. The first-order chi connectivity index (χ1) is 21.2. The van der Waals surface area contributed by atoms with Gasteiger partial charge in [-0.15, -0.1) is 10.2 Å². The van der Waals surface area contributed by atoms with Crippen LogP contribution in [-0.2, 0) is 27.7 Å². The number of halogens is 4. The van der Waals surface area contributed by atoms with Crippen molar-refractivity contribution in [1.82, 2.24) is 19.7 Å². The van der Waals surface area contributed by atoms with E-state index in [0.717, 1.165) is 22.2 Å². The number of rotatable bonds is 9. The first-order valence-corrected chi connectivity index (χ1v) is 16.4. The van der Waals surface area contributed by atoms with Crippen LogP contribution in [-0.4, -0.2) is 86.1 Å². The highest BCUT2D eigenvalue weighted by molar-refractivity contribution is 7.90. The lowest BCUT2D eigenvalue weighted by Gasteiger charge is -2.33. The topological polar surface area (TPSA) is 128 Å². The number of piperidine rings is 1. The Kier molecular flexibility index (Phi) is 9.23. The molecule has 0 spiro atoms. The van der Waals surface area contributed by atoms with Crippen molar-refractivity contribution in [3.63, 3.8) is 0 Å². The van der Waals surface area contributed by atoms with Crippen LogP contribution >= 0.6 is 11.3 Å². The van der Waals surface area contributed by atoms with Crippen molar-refractivity contribution < 1.29 is 40.2 Å². The summed E-state index contributed by atoms with van der Waals surface area (Å²) in [5, 5.41) is 14.6. The van der Waals surface area contributed by atoms with Gasteiger partial charge in [-0.25, -0.2) is 17.6 Å². The summed E-state index contributed by atoms with van der Waals surface area (Å²) in [7, 11) is -0.363. The van der Waals surface area contributed by atoms with Gasteiger partial charge in [0, 0.05) is 36.5 Å². The molecule has 1 fully saturated rings. The molecule has 2 aromatic carbocycles. The zero-order valence-corrected chi connectivity index (χ0v) is 26.0. The molecule has 0 saturated carbocycles. The number of carbonyl (C=O) groups excluding carboxylic acids is 1. The maximum absolute atomic E-state index is 14.8. The van der Waals surface area contributed by atoms with Crippen LogP contribution in [0.25, 0.3) is 21.6 Å². The largest absolute Gasteiger partial charge is 0.495 e. The molecule has 0 bridgehead atoms. The van der Waals surface area contributed by atoms with Crippen molar-refractivity contribution in [2.75, 3.05) is 44.1 Å². The Balaban J connectivity index is 1.35. The van der Waals surface area contributed by atoms with Gasteiger partial charge < -0.3 is 24.3 Å². The van der Waals surface area contributed by atoms with E-state index >= 15 is 0 Å². The highest BCUT2D eigenvalue weighted by Gasteiger charge is 2.32. The highest BCUT2D eigenvalue weighted by Crippen LogP contribution is 2.37. The molecular formula is C28H30F4N6O5S2. The summed E-state index contributed by atoms with van der Waals surface area (Å²) >= 11 is 0.951. The van der Waals surface area contributed by atoms with Gasteiger partial charge in [-0.1, -0.05) is 17.4 Å². The van der Waals surface area contributed by atoms with Gasteiger partial charge in [0.2, 0.25) is 0 Å². The average molecular weight is 671 g/mol. The molecule has 17 heteroatoms. The van der Waals surface area contributed by atoms with Gasteiger partial charge in [0.25, 0.3) is 0 Å². The van der Waals surface area contributed by atoms with Crippen LogP contribution < -0.4 is 15.4 Å². The monoisotopic (exact) mass is 670 g/mol. The number of fused-ring (bicyclic) bond motifs is 1. The fourth-order valence-corrected chi connectivity index (χ4v) is 6.46. The van der Waals surface area contributed by atoms with Gasteiger partial charge in [0.05, 0.1) is 34.9 Å². The van der Waals surface area contributed by atoms with Crippen molar-refractivity contribution in [2.45, 2.75) is 42.9 Å². The molecular weight excluding hydrogens is 640 g/mol. The first-order valence-electron chi connectivity index (χ1n) is 13.6. The summed E-state index contributed by atoms with van der Waals surface area (Å²) in [6.45, 7) is -0.688. The maximum atomic E-state index is 14.8. The molecule has 1 saturated heterocycles. The number of nitrogens with one attached hydrogen (secondary N) is 2. The smallest absolute Gasteiger partial charge is 0.412 e. The Bertz CT molecular complexity index is 1810. The number of nitrogens with zero attached hydrogens (tertiary/aromatic N) is 4. The number of carbonyl (C=O) groups is 1. The van der Waals surface area contributed by atoms with Crippen molar-refractivity contribution >= 4 is 49.5 Å². The normalized spacial score (nSPS) is 17.8. The Hall–Kier alpha value is -3.96. The molecule has 11 nitrogen and oxygen atoms in total. The van der Waals surface area contributed by atoms with Gasteiger partial charge in [0.1, 0.15) is 25.1 Å². The summed E-state index contributed by atoms with van der Waals surface area (Å²) in [6.07, 6.45) is -5.02. The summed E-state index contributed by atoms with van der Waals surface area (Å²) in [6, 6.07) is 9.86. The van der Waals surface area contributed by atoms with Gasteiger partial charge in [-0.2, -0.15) is 13.2 Å². The predicted octanol–water partition coefficient (Wildman–Crippen LogP) is 5.34. The third-order valence-corrected chi connectivity index (χ3v) is 9.25. The van der Waals surface area contributed by atoms with Crippen LogP contribution in [0.1, 0.15) is 11.4 Å². The third kappa shape index (κ3) is 7.65. The predicted molar refractivity (Wildman–Crippen MR) is 161 cm³/mol. The number of aromatic nitrogens is 3. The molecule has 5 rings (SSSR count). The summed E-state index contributed by atoms with van der Waals surface area (Å²) in [4.78, 5) is 14.4. The average Bonchev–Trinajstić information content (AvgIpc) is 3.57. The molecule has 2 atom stereocenters. The van der Waals surface area contributed by atoms with Crippen molar-refractivity contribution in [2.24, 2.45) is 0 Å². The lowest BCUT2D eigenvalue weighted by Crippen LogP contribution is -2.46. The van der Waals surface area contributed by atoms with E-state index in [4.69, 9.17) is 9.47 Å². The van der Waals surface area contributed by atoms with Crippen LogP contribution in [0.2, 0.25) is 0 Å². The standard InChI is InChI=1S/C28H30F4N6O5S2/c1-37-10-9-20(18(29)13-37)33-19-5-4-6-22-17(19)12-23(38(22)15-28(30,31)32)26-36-35-25(44-26)14-43-27(39)34-21-8-7-16(45(3,40)41)11-24(21)42-2/h4-8,11-12,18,20,33H,9-10,13-15H2,1-3H3,(H,34,39)/t18-,20+/m0/s1. The molecule has 2 aromatic heterocycles. The SMILES string of the molecule is COc1cc(S(C)(=O)=O)ccc1NC(=O)OCc1nnc(-c2cc3c(N[C@@H]4CCN(C)C[C@@H]4F)cccc3n2CC(F)(F)F)s1. The van der Waals surface area contributed by atoms with Crippen LogP contribution in [0.15, 0.2) is 47.4 Å². The van der Waals surface area contributed by atoms with Gasteiger partial charge >= 0.3 is 12.3 Å². The van der Waals surface area contributed by atoms with Crippen molar-refractivity contribution in [3.05, 3.63) is 47.5 Å². The number of alkyl halides is 4. The minimum absolute atomic E-state index is 0.000998. The van der Waals surface area contributed by atoms with Crippen molar-refractivity contribution in [1.29, 1.82) is 0 Å². The van der Waals surface area contributed by atoms with E-state index in [9.17, 15) is 30.8 Å². The Morgan fingerprint density at radius 2 is 1.93 bits per heavy atom. The number of likely N-dealkylation sites (tertiary alicyclic amines) is 1. The molecule has 2 N–H and O–H groups in total. The third-order valence-electron chi connectivity index (χ3n) is 7.22. The Morgan fingerprint density at radius 1 is 1.16 bits per heavy atom. The number of hydrogen-bond acceptors (Lipinski definition) is 10. The molecule has 0 aliphatic carbocycles. The summed E-state index contributed by atoms with van der Waals surface area (Å²) in [5.74, 6) is 0.0947. The lowest BCUT2D eigenvalue weighted by molar-refractivity contribution is -0.139. The van der Waals surface area contributed by atoms with E-state index in [2.05, 4.69) is 20.8 Å². The lowest BCUT2D eigenvalue weighted by atomic mass is 10.0. The number of ether oxygens (including phenoxy) is 2. The van der Waals surface area contributed by atoms with E-state index in [1.54, 1.807) is 24.3 Å². The van der Waals surface area contributed by atoms with E-state index in [0.29, 0.717) is 29.6 Å². The molecule has 1 aliphatic rings. The van der Waals surface area contributed by atoms with Crippen LogP contribution in [0, 0.1) is 0 Å². The molecule has 4 aromatic rings. The zero-order chi connectivity index (χ0) is 32.5. The minimum atomic E-state index is -4.54. The van der Waals surface area contributed by atoms with Crippen LogP contribution in [0.3, 0.4) is 0 Å². The fraction of sp³-hybridized carbons (Fsp3) is 0.393. The second-order valence-electron chi connectivity index (χ2n) is 10.6. The fourth-order valence-electron chi connectivity index (χ4n) is 5.05. The minimum Gasteiger partial charge on any atom is -0.495 e. The first kappa shape index (κ1) is 32.4. The Labute approximate surface area is 260 Å². The number of anilines is 2. The molecule has 0 unspecified atom stereocenters. The van der Waals surface area contributed by atoms with Gasteiger partial charge in [-0.05, 0) is 43.8 Å². The van der Waals surface area contributed by atoms with Crippen LogP contribution in [0.4, 0.5) is 33.7 Å². The maximum Gasteiger partial charge on any atom is 0.412 e. The number of amides is 1. The number of hydrogen-bond donors (Lipinski definition) is 2. The molecule has 45 heavy (non-hydrogen) atoms. The van der Waals surface area contributed by atoms with E-state index in [1.165, 1.54) is 25.3 Å². The highest BCUT2D eigenvalue weighted by atomic mass is 32.2. The van der Waals surface area contributed by atoms with Gasteiger partial charge in [-0.3, -0.25) is 5.32 Å². The molecule has 3 heterocycles.